The minimum absolute atomic E-state index is 0.167. The van der Waals surface area contributed by atoms with Crippen LogP contribution in [0.4, 0.5) is 11.4 Å². The minimum atomic E-state index is -3.76. The van der Waals surface area contributed by atoms with E-state index >= 15 is 0 Å². The predicted octanol–water partition coefficient (Wildman–Crippen LogP) is 2.02. The second-order valence-electron chi connectivity index (χ2n) is 8.09. The van der Waals surface area contributed by atoms with Crippen molar-refractivity contribution in [1.29, 1.82) is 0 Å². The molecular formula is C24H23N5O5S. The number of fused-ring (bicyclic) bond motifs is 1. The van der Waals surface area contributed by atoms with Gasteiger partial charge in [0.2, 0.25) is 0 Å². The van der Waals surface area contributed by atoms with Gasteiger partial charge in [0.15, 0.2) is 0 Å². The topological polar surface area (TPSA) is 123 Å². The summed E-state index contributed by atoms with van der Waals surface area (Å²) in [5.41, 5.74) is 1.09. The van der Waals surface area contributed by atoms with Crippen molar-refractivity contribution >= 4 is 38.3 Å². The number of rotatable bonds is 5. The molecule has 0 radical (unpaired) electrons. The van der Waals surface area contributed by atoms with E-state index < -0.39 is 27.2 Å². The van der Waals surface area contributed by atoms with Crippen LogP contribution in [0.1, 0.15) is 15.9 Å². The molecule has 0 aliphatic rings. The lowest BCUT2D eigenvalue weighted by Crippen LogP contribution is -2.37. The van der Waals surface area contributed by atoms with Crippen molar-refractivity contribution in [2.45, 2.75) is 11.8 Å². The molecule has 0 atom stereocenters. The van der Waals surface area contributed by atoms with Crippen molar-refractivity contribution in [2.24, 2.45) is 14.1 Å². The predicted molar refractivity (Wildman–Crippen MR) is 133 cm³/mol. The van der Waals surface area contributed by atoms with Crippen molar-refractivity contribution in [3.05, 3.63) is 92.8 Å². The van der Waals surface area contributed by atoms with Gasteiger partial charge in [-0.2, -0.15) is 0 Å². The molecule has 35 heavy (non-hydrogen) atoms. The maximum Gasteiger partial charge on any atom is 0.332 e. The van der Waals surface area contributed by atoms with E-state index in [-0.39, 0.29) is 27.2 Å². The van der Waals surface area contributed by atoms with Crippen LogP contribution in [0.15, 0.2) is 75.3 Å². The lowest BCUT2D eigenvalue weighted by Gasteiger charge is -2.20. The zero-order valence-corrected chi connectivity index (χ0v) is 20.3. The van der Waals surface area contributed by atoms with Crippen LogP contribution in [-0.2, 0) is 24.1 Å². The van der Waals surface area contributed by atoms with Crippen LogP contribution in [0.25, 0.3) is 11.0 Å². The molecule has 180 valence electrons. The van der Waals surface area contributed by atoms with Crippen molar-refractivity contribution < 1.29 is 13.2 Å². The minimum Gasteiger partial charge on any atom is -0.321 e. The summed E-state index contributed by atoms with van der Waals surface area (Å²) >= 11 is 0. The van der Waals surface area contributed by atoms with Gasteiger partial charge in [0.1, 0.15) is 5.65 Å². The second kappa shape index (κ2) is 8.84. The summed E-state index contributed by atoms with van der Waals surface area (Å²) in [6.07, 6.45) is 1.36. The van der Waals surface area contributed by atoms with Gasteiger partial charge in [0.05, 0.1) is 27.9 Å². The zero-order valence-electron chi connectivity index (χ0n) is 19.5. The van der Waals surface area contributed by atoms with Gasteiger partial charge in [-0.1, -0.05) is 17.7 Å². The molecule has 10 nitrogen and oxygen atoms in total. The number of aryl methyl sites for hydroxylation is 2. The molecule has 0 bridgehead atoms. The highest BCUT2D eigenvalue weighted by molar-refractivity contribution is 7.92. The van der Waals surface area contributed by atoms with Crippen LogP contribution in [0, 0.1) is 6.92 Å². The van der Waals surface area contributed by atoms with Gasteiger partial charge in [-0.3, -0.25) is 23.0 Å². The van der Waals surface area contributed by atoms with Crippen LogP contribution in [-0.4, -0.2) is 35.5 Å². The number of amides is 1. The first-order valence-corrected chi connectivity index (χ1v) is 12.0. The van der Waals surface area contributed by atoms with E-state index in [1.807, 2.05) is 6.92 Å². The first-order valence-electron chi connectivity index (χ1n) is 10.5. The Morgan fingerprint density at radius 1 is 0.971 bits per heavy atom. The molecule has 0 aliphatic heterocycles. The van der Waals surface area contributed by atoms with E-state index in [1.165, 1.54) is 62.2 Å². The van der Waals surface area contributed by atoms with Crippen molar-refractivity contribution in [3.63, 3.8) is 0 Å². The van der Waals surface area contributed by atoms with E-state index in [0.717, 1.165) is 14.4 Å². The first-order chi connectivity index (χ1) is 16.5. The molecule has 0 saturated carbocycles. The number of hydrogen-bond donors (Lipinski definition) is 1. The normalized spacial score (nSPS) is 11.4. The summed E-state index contributed by atoms with van der Waals surface area (Å²) in [4.78, 5) is 41.6. The van der Waals surface area contributed by atoms with Crippen LogP contribution in [0.2, 0.25) is 0 Å². The summed E-state index contributed by atoms with van der Waals surface area (Å²) in [6, 6.07) is 14.1. The number of pyridine rings is 1. The fourth-order valence-electron chi connectivity index (χ4n) is 3.57. The maximum atomic E-state index is 12.9. The van der Waals surface area contributed by atoms with Gasteiger partial charge in [-0.05, 0) is 49.4 Å². The number of nitrogens with zero attached hydrogens (tertiary/aromatic N) is 4. The van der Waals surface area contributed by atoms with E-state index in [4.69, 9.17) is 0 Å². The van der Waals surface area contributed by atoms with Crippen molar-refractivity contribution in [2.75, 3.05) is 16.7 Å². The maximum absolute atomic E-state index is 12.9. The Balaban J connectivity index is 1.56. The third-order valence-corrected chi connectivity index (χ3v) is 7.52. The van der Waals surface area contributed by atoms with Crippen LogP contribution in [0.5, 0.6) is 0 Å². The number of sulfonamides is 1. The summed E-state index contributed by atoms with van der Waals surface area (Å²) < 4.78 is 29.2. The monoisotopic (exact) mass is 493 g/mol. The van der Waals surface area contributed by atoms with E-state index in [1.54, 1.807) is 24.3 Å². The molecule has 0 spiro atoms. The lowest BCUT2D eigenvalue weighted by atomic mass is 10.2. The van der Waals surface area contributed by atoms with Gasteiger partial charge in [-0.25, -0.2) is 18.2 Å². The number of aromatic nitrogens is 3. The Kier molecular flexibility index (Phi) is 6.03. The molecule has 2 aromatic carbocycles. The SMILES string of the molecule is Cc1ccc(S(=O)(=O)N(C)c2ccc(C(=O)Nc3cnc4c(c3)c(=O)n(C)c(=O)n4C)cc2)cc1. The van der Waals surface area contributed by atoms with Gasteiger partial charge in [0.25, 0.3) is 21.5 Å². The molecule has 4 rings (SSSR count). The molecule has 2 aromatic heterocycles. The zero-order chi connectivity index (χ0) is 25.5. The fraction of sp³-hybridized carbons (Fsp3) is 0.167. The van der Waals surface area contributed by atoms with Crippen LogP contribution in [0.3, 0.4) is 0 Å². The fourth-order valence-corrected chi connectivity index (χ4v) is 4.76. The smallest absolute Gasteiger partial charge is 0.321 e. The van der Waals surface area contributed by atoms with Gasteiger partial charge < -0.3 is 5.32 Å². The number of nitrogens with one attached hydrogen (secondary N) is 1. The molecule has 2 heterocycles. The number of carbonyl (C=O) groups excluding carboxylic acids is 1. The molecule has 0 fully saturated rings. The van der Waals surface area contributed by atoms with E-state index in [9.17, 15) is 22.8 Å². The average molecular weight is 494 g/mol. The number of anilines is 2. The summed E-state index contributed by atoms with van der Waals surface area (Å²) in [6.45, 7) is 1.87. The molecule has 4 aromatic rings. The highest BCUT2D eigenvalue weighted by atomic mass is 32.2. The average Bonchev–Trinajstić information content (AvgIpc) is 2.86. The molecular weight excluding hydrogens is 470 g/mol. The van der Waals surface area contributed by atoms with Gasteiger partial charge in [-0.15, -0.1) is 0 Å². The lowest BCUT2D eigenvalue weighted by molar-refractivity contribution is 0.102. The number of hydrogen-bond acceptors (Lipinski definition) is 6. The molecule has 0 aliphatic carbocycles. The van der Waals surface area contributed by atoms with Crippen molar-refractivity contribution in [3.8, 4) is 0 Å². The standard InChI is InChI=1S/C24H23N5O5S/c1-15-5-11-19(12-6-15)35(33,34)29(4)18-9-7-16(8-10-18)22(30)26-17-13-20-21(25-14-17)27(2)24(32)28(3)23(20)31/h5-14H,1-4H3,(H,26,30). The van der Waals surface area contributed by atoms with Crippen LogP contribution < -0.4 is 20.9 Å². The summed E-state index contributed by atoms with van der Waals surface area (Å²) in [5, 5.41) is 2.86. The van der Waals surface area contributed by atoms with E-state index in [2.05, 4.69) is 10.3 Å². The quantitative estimate of drug-likeness (QED) is 0.454. The summed E-state index contributed by atoms with van der Waals surface area (Å²) in [7, 11) is 0.561. The third kappa shape index (κ3) is 4.33. The largest absolute Gasteiger partial charge is 0.332 e. The third-order valence-electron chi connectivity index (χ3n) is 5.72. The van der Waals surface area contributed by atoms with Gasteiger partial charge >= 0.3 is 5.69 Å². The highest BCUT2D eigenvalue weighted by Gasteiger charge is 2.21. The first kappa shape index (κ1) is 23.9. The Morgan fingerprint density at radius 2 is 1.60 bits per heavy atom. The highest BCUT2D eigenvalue weighted by Crippen LogP contribution is 2.23. The number of benzene rings is 2. The molecule has 1 N–H and O–H groups in total. The Bertz CT molecular complexity index is 1670. The van der Waals surface area contributed by atoms with Gasteiger partial charge in [0, 0.05) is 26.7 Å². The van der Waals surface area contributed by atoms with Crippen molar-refractivity contribution in [1.82, 2.24) is 14.1 Å². The molecule has 0 unspecified atom stereocenters. The molecule has 1 amide bonds. The van der Waals surface area contributed by atoms with E-state index in [0.29, 0.717) is 5.69 Å². The van der Waals surface area contributed by atoms with Crippen LogP contribution >= 0.6 is 0 Å². The Labute approximate surface area is 201 Å². The molecule has 11 heteroatoms. The second-order valence-corrected chi connectivity index (χ2v) is 10.1. The Morgan fingerprint density at radius 3 is 2.23 bits per heavy atom. The Hall–Kier alpha value is -4.25. The number of carbonyl (C=O) groups is 1. The molecule has 0 saturated heterocycles. The summed E-state index contributed by atoms with van der Waals surface area (Å²) in [5.74, 6) is -0.469.